The standard InChI is InChI=1S/C34H40F2N3O3P/c1-22-6-5-13-38(22)26-9-10-33(30(36)16-26)42-20-34(21-43(4)41)11-14-37(15-12-34)32-18-31-27(17-29(32)35)23(2)28(24(3)40)19-39(31)25-7-8-25/h9-10,16-19,25,43H,1-2,5-8,11-15,20-21H2,3-4H3. The molecule has 3 heterocycles. The first-order valence-corrected chi connectivity index (χ1v) is 17.3. The van der Waals surface area contributed by atoms with Crippen molar-refractivity contribution >= 4 is 36.2 Å². The van der Waals surface area contributed by atoms with Crippen molar-refractivity contribution in [3.8, 4) is 5.75 Å². The molecule has 6 rings (SSSR count). The van der Waals surface area contributed by atoms with Crippen molar-refractivity contribution in [2.45, 2.75) is 51.5 Å². The first-order valence-electron chi connectivity index (χ1n) is 15.2. The number of piperidine rings is 1. The van der Waals surface area contributed by atoms with Crippen molar-refractivity contribution in [2.24, 2.45) is 5.41 Å². The molecule has 1 saturated carbocycles. The van der Waals surface area contributed by atoms with E-state index in [0.29, 0.717) is 60.5 Å². The van der Waals surface area contributed by atoms with Gasteiger partial charge in [-0.2, -0.15) is 0 Å². The van der Waals surface area contributed by atoms with Gasteiger partial charge >= 0.3 is 0 Å². The third-order valence-corrected chi connectivity index (χ3v) is 10.6. The van der Waals surface area contributed by atoms with E-state index >= 15 is 8.78 Å². The maximum Gasteiger partial charge on any atom is 0.167 e. The number of anilines is 3. The van der Waals surface area contributed by atoms with E-state index in [2.05, 4.69) is 18.1 Å². The highest BCUT2D eigenvalue weighted by Crippen LogP contribution is 2.46. The Morgan fingerprint density at radius 3 is 2.42 bits per heavy atom. The molecule has 0 radical (unpaired) electrons. The molecular formula is C34H40F2N3O3P. The van der Waals surface area contributed by atoms with Crippen LogP contribution in [0.1, 0.15) is 51.0 Å². The van der Waals surface area contributed by atoms with Gasteiger partial charge in [-0.05, 0) is 82.0 Å². The van der Waals surface area contributed by atoms with Gasteiger partial charge in [0.15, 0.2) is 17.3 Å². The second kappa shape index (κ2) is 11.6. The Balaban J connectivity index is 1.18. The molecule has 2 aromatic rings. The number of hydrogen-bond donors (Lipinski definition) is 0. The van der Waals surface area contributed by atoms with E-state index in [4.69, 9.17) is 4.74 Å². The van der Waals surface area contributed by atoms with Gasteiger partial charge in [-0.3, -0.25) is 4.79 Å². The van der Waals surface area contributed by atoms with E-state index in [-0.39, 0.29) is 24.0 Å². The van der Waals surface area contributed by atoms with Gasteiger partial charge in [-0.25, -0.2) is 8.78 Å². The van der Waals surface area contributed by atoms with Gasteiger partial charge in [0.05, 0.1) is 25.8 Å². The predicted octanol–water partition coefficient (Wildman–Crippen LogP) is 7.40. The fourth-order valence-electron chi connectivity index (χ4n) is 6.81. The second-order valence-electron chi connectivity index (χ2n) is 12.6. The van der Waals surface area contributed by atoms with Crippen LogP contribution in [0.25, 0.3) is 5.57 Å². The summed E-state index contributed by atoms with van der Waals surface area (Å²) in [6, 6.07) is 8.73. The number of carbonyl (C=O) groups is 1. The lowest BCUT2D eigenvalue weighted by molar-refractivity contribution is -0.113. The van der Waals surface area contributed by atoms with Crippen LogP contribution in [0.4, 0.5) is 25.8 Å². The van der Waals surface area contributed by atoms with Crippen LogP contribution in [0, 0.1) is 17.0 Å². The number of ketones is 1. The van der Waals surface area contributed by atoms with E-state index in [1.165, 1.54) is 19.1 Å². The molecule has 2 saturated heterocycles. The quantitative estimate of drug-likeness (QED) is 0.277. The Hall–Kier alpha value is -3.38. The topological polar surface area (TPSA) is 53.1 Å². The summed E-state index contributed by atoms with van der Waals surface area (Å²) < 4.78 is 49.4. The fraction of sp³-hybridized carbons (Fsp3) is 0.441. The van der Waals surface area contributed by atoms with E-state index in [1.54, 1.807) is 12.7 Å². The number of halogens is 2. The van der Waals surface area contributed by atoms with Crippen molar-refractivity contribution in [1.82, 2.24) is 0 Å². The Labute approximate surface area is 253 Å². The van der Waals surface area contributed by atoms with Gasteiger partial charge in [0.2, 0.25) is 0 Å². The third-order valence-electron chi connectivity index (χ3n) is 9.36. The highest BCUT2D eigenvalue weighted by molar-refractivity contribution is 7.43. The van der Waals surface area contributed by atoms with Gasteiger partial charge < -0.3 is 24.0 Å². The van der Waals surface area contributed by atoms with Gasteiger partial charge in [0.1, 0.15) is 5.82 Å². The maximum atomic E-state index is 15.7. The first-order chi connectivity index (χ1) is 20.5. The minimum absolute atomic E-state index is 0.0797. The highest BCUT2D eigenvalue weighted by atomic mass is 31.1. The molecule has 0 N–H and O–H groups in total. The molecule has 0 amide bonds. The lowest BCUT2D eigenvalue weighted by atomic mass is 9.80. The Morgan fingerprint density at radius 1 is 1.07 bits per heavy atom. The number of carbonyl (C=O) groups excluding carboxylic acids is 1. The van der Waals surface area contributed by atoms with Crippen molar-refractivity contribution in [3.63, 3.8) is 0 Å². The van der Waals surface area contributed by atoms with E-state index in [9.17, 15) is 9.36 Å². The number of rotatable bonds is 9. The van der Waals surface area contributed by atoms with Crippen LogP contribution < -0.4 is 19.4 Å². The summed E-state index contributed by atoms with van der Waals surface area (Å²) in [6.07, 6.45) is 7.64. The van der Waals surface area contributed by atoms with Gasteiger partial charge in [0, 0.05) is 72.0 Å². The summed E-state index contributed by atoms with van der Waals surface area (Å²) >= 11 is 0. The summed E-state index contributed by atoms with van der Waals surface area (Å²) in [4.78, 5) is 18.5. The summed E-state index contributed by atoms with van der Waals surface area (Å²) in [6.45, 7) is 13.7. The second-order valence-corrected chi connectivity index (χ2v) is 14.4. The molecule has 2 aromatic carbocycles. The zero-order valence-electron chi connectivity index (χ0n) is 25.1. The van der Waals surface area contributed by atoms with E-state index in [0.717, 1.165) is 49.3 Å². The molecule has 1 unspecified atom stereocenters. The number of fused-ring (bicyclic) bond motifs is 1. The zero-order chi connectivity index (χ0) is 30.5. The molecule has 3 fully saturated rings. The van der Waals surface area contributed by atoms with Crippen LogP contribution in [0.2, 0.25) is 0 Å². The summed E-state index contributed by atoms with van der Waals surface area (Å²) in [5, 5.41) is 0. The van der Waals surface area contributed by atoms with Crippen LogP contribution in [-0.4, -0.2) is 50.9 Å². The average molecular weight is 608 g/mol. The van der Waals surface area contributed by atoms with Crippen LogP contribution in [0.3, 0.4) is 0 Å². The Kier molecular flexibility index (Phi) is 8.01. The SMILES string of the molecule is C=C1C(C(C)=O)=CN(C2CC2)c2cc(N3CCC(COc4ccc(N5CCCC5=C)cc4F)(C[PH](C)=O)CC3)c(F)cc21. The average Bonchev–Trinajstić information content (AvgIpc) is 3.72. The summed E-state index contributed by atoms with van der Waals surface area (Å²) in [5.74, 6) is -0.667. The first kappa shape index (κ1) is 29.7. The number of Topliss-reactive ketones (excluding diaryl/α,β-unsaturated/α-hetero) is 1. The molecule has 1 atom stereocenters. The molecule has 0 spiro atoms. The smallest absolute Gasteiger partial charge is 0.167 e. The lowest BCUT2D eigenvalue weighted by Crippen LogP contribution is -2.45. The maximum absolute atomic E-state index is 15.7. The van der Waals surface area contributed by atoms with Crippen LogP contribution >= 0.6 is 7.80 Å². The number of nitrogens with zero attached hydrogens (tertiary/aromatic N) is 3. The molecule has 0 aromatic heterocycles. The van der Waals surface area contributed by atoms with Crippen molar-refractivity contribution in [3.05, 3.63) is 78.2 Å². The van der Waals surface area contributed by atoms with Crippen molar-refractivity contribution in [2.75, 3.05) is 53.8 Å². The monoisotopic (exact) mass is 607 g/mol. The van der Waals surface area contributed by atoms with Crippen molar-refractivity contribution in [1.29, 1.82) is 0 Å². The highest BCUT2D eigenvalue weighted by Gasteiger charge is 2.39. The Bertz CT molecular complexity index is 1540. The number of hydrogen-bond acceptors (Lipinski definition) is 6. The molecule has 0 bridgehead atoms. The van der Waals surface area contributed by atoms with E-state index in [1.807, 2.05) is 28.1 Å². The molecule has 228 valence electrons. The minimum atomic E-state index is -1.84. The zero-order valence-corrected chi connectivity index (χ0v) is 26.1. The number of allylic oxidation sites excluding steroid dienone is 3. The Morgan fingerprint density at radius 2 is 1.81 bits per heavy atom. The fourth-order valence-corrected chi connectivity index (χ4v) is 8.32. The van der Waals surface area contributed by atoms with Gasteiger partial charge in [-0.1, -0.05) is 13.2 Å². The predicted molar refractivity (Wildman–Crippen MR) is 171 cm³/mol. The normalized spacial score (nSPS) is 20.7. The number of benzene rings is 2. The van der Waals surface area contributed by atoms with Crippen LogP contribution in [0.5, 0.6) is 5.75 Å². The molecule has 1 aliphatic carbocycles. The largest absolute Gasteiger partial charge is 0.490 e. The molecule has 9 heteroatoms. The minimum Gasteiger partial charge on any atom is -0.490 e. The van der Waals surface area contributed by atoms with Crippen LogP contribution in [-0.2, 0) is 9.36 Å². The summed E-state index contributed by atoms with van der Waals surface area (Å²) in [7, 11) is -1.84. The summed E-state index contributed by atoms with van der Waals surface area (Å²) in [5.41, 5.74) is 4.50. The molecule has 4 aliphatic rings. The molecule has 43 heavy (non-hydrogen) atoms. The lowest BCUT2D eigenvalue weighted by Gasteiger charge is -2.42. The molecule has 6 nitrogen and oxygen atoms in total. The third kappa shape index (κ3) is 5.91. The molecular weight excluding hydrogens is 567 g/mol. The van der Waals surface area contributed by atoms with E-state index < -0.39 is 19.0 Å². The number of ether oxygens (including phenoxy) is 1. The molecule has 3 aliphatic heterocycles. The van der Waals surface area contributed by atoms with Gasteiger partial charge in [0.25, 0.3) is 0 Å². The van der Waals surface area contributed by atoms with Crippen molar-refractivity contribution < 1.29 is 22.9 Å². The van der Waals surface area contributed by atoms with Gasteiger partial charge in [-0.15, -0.1) is 0 Å². The van der Waals surface area contributed by atoms with Crippen LogP contribution in [0.15, 0.2) is 61.0 Å².